The van der Waals surface area contributed by atoms with E-state index in [0.29, 0.717) is 5.69 Å². The predicted octanol–water partition coefficient (Wildman–Crippen LogP) is 1.83. The summed E-state index contributed by atoms with van der Waals surface area (Å²) in [5, 5.41) is 5.47. The number of rotatable bonds is 2. The van der Waals surface area contributed by atoms with Gasteiger partial charge in [-0.2, -0.15) is 0 Å². The average molecular weight is 237 g/mol. The van der Waals surface area contributed by atoms with Gasteiger partial charge in [0.1, 0.15) is 5.82 Å². The molecule has 4 nitrogen and oxygen atoms in total. The average Bonchev–Trinajstić information content (AvgIpc) is 2.68. The van der Waals surface area contributed by atoms with Crippen molar-refractivity contribution < 1.29 is 9.18 Å². The first-order valence-corrected chi connectivity index (χ1v) is 5.74. The molecule has 5 heteroatoms. The maximum Gasteiger partial charge on any atom is 0.319 e. The quantitative estimate of drug-likeness (QED) is 0.734. The van der Waals surface area contributed by atoms with Crippen LogP contribution in [0.1, 0.15) is 19.3 Å². The Morgan fingerprint density at radius 1 is 1.29 bits per heavy atom. The minimum atomic E-state index is -0.325. The summed E-state index contributed by atoms with van der Waals surface area (Å²) in [6, 6.07) is 5.42. The van der Waals surface area contributed by atoms with Crippen molar-refractivity contribution in [2.75, 3.05) is 5.32 Å². The van der Waals surface area contributed by atoms with E-state index in [-0.39, 0.29) is 23.9 Å². The highest BCUT2D eigenvalue weighted by molar-refractivity contribution is 5.89. The lowest BCUT2D eigenvalue weighted by molar-refractivity contribution is 0.247. The molecule has 0 spiro atoms. The summed E-state index contributed by atoms with van der Waals surface area (Å²) >= 11 is 0. The Morgan fingerprint density at radius 2 is 2.00 bits per heavy atom. The molecule has 1 saturated carbocycles. The van der Waals surface area contributed by atoms with Gasteiger partial charge >= 0.3 is 6.03 Å². The van der Waals surface area contributed by atoms with E-state index in [1.165, 1.54) is 24.3 Å². The second-order valence-electron chi connectivity index (χ2n) is 4.31. The fourth-order valence-corrected chi connectivity index (χ4v) is 2.04. The summed E-state index contributed by atoms with van der Waals surface area (Å²) in [5.41, 5.74) is 6.41. The zero-order valence-electron chi connectivity index (χ0n) is 9.45. The molecule has 2 atom stereocenters. The smallest absolute Gasteiger partial charge is 0.319 e. The van der Waals surface area contributed by atoms with Gasteiger partial charge in [0, 0.05) is 17.8 Å². The van der Waals surface area contributed by atoms with E-state index < -0.39 is 0 Å². The Kier molecular flexibility index (Phi) is 3.58. The normalized spacial score (nSPS) is 23.4. The van der Waals surface area contributed by atoms with Crippen molar-refractivity contribution in [1.82, 2.24) is 5.32 Å². The van der Waals surface area contributed by atoms with Crippen molar-refractivity contribution in [2.45, 2.75) is 31.3 Å². The third kappa shape index (κ3) is 3.17. The van der Waals surface area contributed by atoms with Crippen molar-refractivity contribution in [3.8, 4) is 0 Å². The number of nitrogens with two attached hydrogens (primary N) is 1. The van der Waals surface area contributed by atoms with Gasteiger partial charge in [0.05, 0.1) is 0 Å². The van der Waals surface area contributed by atoms with Crippen molar-refractivity contribution in [3.05, 3.63) is 30.1 Å². The fourth-order valence-electron chi connectivity index (χ4n) is 2.04. The minimum absolute atomic E-state index is 0.0361. The Hall–Kier alpha value is -1.62. The number of hydrogen-bond donors (Lipinski definition) is 3. The van der Waals surface area contributed by atoms with Gasteiger partial charge in [0.2, 0.25) is 0 Å². The second kappa shape index (κ2) is 5.14. The molecule has 92 valence electrons. The van der Waals surface area contributed by atoms with Crippen molar-refractivity contribution in [3.63, 3.8) is 0 Å². The lowest BCUT2D eigenvalue weighted by Crippen LogP contribution is -2.45. The molecule has 0 bridgehead atoms. The molecule has 0 heterocycles. The molecule has 0 aliphatic heterocycles. The van der Waals surface area contributed by atoms with Gasteiger partial charge in [-0.1, -0.05) is 0 Å². The van der Waals surface area contributed by atoms with Gasteiger partial charge in [-0.15, -0.1) is 0 Å². The first-order valence-electron chi connectivity index (χ1n) is 5.74. The topological polar surface area (TPSA) is 67.1 Å². The molecular weight excluding hydrogens is 221 g/mol. The Bertz CT molecular complexity index is 393. The van der Waals surface area contributed by atoms with Gasteiger partial charge < -0.3 is 16.4 Å². The number of halogens is 1. The zero-order chi connectivity index (χ0) is 12.3. The van der Waals surface area contributed by atoms with Crippen molar-refractivity contribution in [2.24, 2.45) is 5.73 Å². The molecule has 1 aliphatic carbocycles. The predicted molar refractivity (Wildman–Crippen MR) is 64.2 cm³/mol. The molecule has 1 fully saturated rings. The molecule has 2 unspecified atom stereocenters. The van der Waals surface area contributed by atoms with E-state index in [1.54, 1.807) is 0 Å². The molecule has 4 N–H and O–H groups in total. The van der Waals surface area contributed by atoms with Gasteiger partial charge in [0.15, 0.2) is 0 Å². The molecule has 0 aromatic heterocycles. The van der Waals surface area contributed by atoms with E-state index in [2.05, 4.69) is 10.6 Å². The first kappa shape index (κ1) is 11.9. The number of urea groups is 1. The van der Waals surface area contributed by atoms with E-state index in [4.69, 9.17) is 5.73 Å². The molecule has 2 rings (SSSR count). The molecular formula is C12H16FN3O. The standard InChI is InChI=1S/C12H16FN3O/c13-8-4-6-9(7-5-8)15-12(17)16-11-3-1-2-10(11)14/h4-7,10-11H,1-3,14H2,(H2,15,16,17). The van der Waals surface area contributed by atoms with Crippen molar-refractivity contribution in [1.29, 1.82) is 0 Å². The van der Waals surface area contributed by atoms with Crippen molar-refractivity contribution >= 4 is 11.7 Å². The molecule has 1 aromatic carbocycles. The van der Waals surface area contributed by atoms with Crippen LogP contribution in [-0.4, -0.2) is 18.1 Å². The van der Waals surface area contributed by atoms with Crippen LogP contribution in [0, 0.1) is 5.82 Å². The number of hydrogen-bond acceptors (Lipinski definition) is 2. The molecule has 2 amide bonds. The van der Waals surface area contributed by atoms with Crippen LogP contribution in [0.4, 0.5) is 14.9 Å². The maximum atomic E-state index is 12.7. The van der Waals surface area contributed by atoms with Crippen LogP contribution in [-0.2, 0) is 0 Å². The van der Waals surface area contributed by atoms with Gasteiger partial charge in [-0.3, -0.25) is 0 Å². The summed E-state index contributed by atoms with van der Waals surface area (Å²) in [4.78, 5) is 11.6. The second-order valence-corrected chi connectivity index (χ2v) is 4.31. The Labute approximate surface area is 99.4 Å². The Balaban J connectivity index is 1.86. The molecule has 17 heavy (non-hydrogen) atoms. The number of benzene rings is 1. The molecule has 0 radical (unpaired) electrons. The monoisotopic (exact) mass is 237 g/mol. The molecule has 1 aliphatic rings. The van der Waals surface area contributed by atoms with Crippen LogP contribution in [0.25, 0.3) is 0 Å². The maximum absolute atomic E-state index is 12.7. The van der Waals surface area contributed by atoms with Gasteiger partial charge in [-0.05, 0) is 43.5 Å². The zero-order valence-corrected chi connectivity index (χ0v) is 9.45. The SMILES string of the molecule is NC1CCCC1NC(=O)Nc1ccc(F)cc1. The van der Waals surface area contributed by atoms with E-state index in [0.717, 1.165) is 19.3 Å². The van der Waals surface area contributed by atoms with E-state index in [9.17, 15) is 9.18 Å². The Morgan fingerprint density at radius 3 is 2.59 bits per heavy atom. The van der Waals surface area contributed by atoms with E-state index in [1.807, 2.05) is 0 Å². The third-order valence-corrected chi connectivity index (χ3v) is 2.99. The van der Waals surface area contributed by atoms with Crippen LogP contribution in [0.5, 0.6) is 0 Å². The van der Waals surface area contributed by atoms with Crippen LogP contribution < -0.4 is 16.4 Å². The van der Waals surface area contributed by atoms with Gasteiger partial charge in [0.25, 0.3) is 0 Å². The molecule has 0 saturated heterocycles. The number of carbonyl (C=O) groups excluding carboxylic acids is 1. The number of nitrogens with one attached hydrogen (secondary N) is 2. The number of anilines is 1. The van der Waals surface area contributed by atoms with Crippen LogP contribution in [0.2, 0.25) is 0 Å². The highest BCUT2D eigenvalue weighted by atomic mass is 19.1. The minimum Gasteiger partial charge on any atom is -0.334 e. The highest BCUT2D eigenvalue weighted by Crippen LogP contribution is 2.17. The molecule has 1 aromatic rings. The van der Waals surface area contributed by atoms with Crippen LogP contribution in [0.15, 0.2) is 24.3 Å². The summed E-state index contributed by atoms with van der Waals surface area (Å²) in [6.45, 7) is 0. The summed E-state index contributed by atoms with van der Waals surface area (Å²) in [5.74, 6) is -0.325. The summed E-state index contributed by atoms with van der Waals surface area (Å²) < 4.78 is 12.7. The third-order valence-electron chi connectivity index (χ3n) is 2.99. The first-order chi connectivity index (χ1) is 8.15. The van der Waals surface area contributed by atoms with Crippen LogP contribution in [0.3, 0.4) is 0 Å². The number of amides is 2. The number of carbonyl (C=O) groups is 1. The lowest BCUT2D eigenvalue weighted by Gasteiger charge is -2.17. The van der Waals surface area contributed by atoms with Crippen LogP contribution >= 0.6 is 0 Å². The summed E-state index contributed by atoms with van der Waals surface area (Å²) in [7, 11) is 0. The largest absolute Gasteiger partial charge is 0.334 e. The lowest BCUT2D eigenvalue weighted by atomic mass is 10.2. The fraction of sp³-hybridized carbons (Fsp3) is 0.417. The van der Waals surface area contributed by atoms with Gasteiger partial charge in [-0.25, -0.2) is 9.18 Å². The van der Waals surface area contributed by atoms with E-state index >= 15 is 0 Å². The summed E-state index contributed by atoms with van der Waals surface area (Å²) in [6.07, 6.45) is 2.90. The highest BCUT2D eigenvalue weighted by Gasteiger charge is 2.25.